The highest BCUT2D eigenvalue weighted by molar-refractivity contribution is 5.80. The first-order valence-electron chi connectivity index (χ1n) is 19.2. The molecule has 0 bridgehead atoms. The summed E-state index contributed by atoms with van der Waals surface area (Å²) in [5, 5.41) is 64.2. The molecule has 1 fully saturated rings. The molecule has 1 saturated heterocycles. The summed E-state index contributed by atoms with van der Waals surface area (Å²) in [5.41, 5.74) is 0. The Morgan fingerprint density at radius 3 is 1.79 bits per heavy atom. The Hall–Kier alpha value is -1.37. The molecule has 0 radical (unpaired) electrons. The van der Waals surface area contributed by atoms with Crippen molar-refractivity contribution in [2.75, 3.05) is 13.2 Å². The van der Waals surface area contributed by atoms with Crippen LogP contribution in [-0.4, -0.2) is 98.7 Å². The largest absolute Gasteiger partial charge is 0.394 e. The number of nitrogens with one attached hydrogen (secondary N) is 1. The Bertz CT molecular complexity index is 824. The van der Waals surface area contributed by atoms with Gasteiger partial charge in [0.2, 0.25) is 5.91 Å². The average molecular weight is 686 g/mol. The molecule has 1 aliphatic rings. The van der Waals surface area contributed by atoms with Crippen molar-refractivity contribution < 1.29 is 44.9 Å². The number of rotatable bonds is 30. The van der Waals surface area contributed by atoms with Crippen LogP contribution in [0.3, 0.4) is 0 Å². The molecule has 0 aromatic carbocycles. The normalized spacial score (nSPS) is 23.5. The molecular formula is C38H71NO9. The highest BCUT2D eigenvalue weighted by Crippen LogP contribution is 2.22. The van der Waals surface area contributed by atoms with E-state index in [1.165, 1.54) is 70.6 Å². The Kier molecular flexibility index (Phi) is 27.3. The van der Waals surface area contributed by atoms with Crippen LogP contribution in [0, 0.1) is 0 Å². The zero-order valence-corrected chi connectivity index (χ0v) is 30.1. The van der Waals surface area contributed by atoms with Crippen LogP contribution in [0.1, 0.15) is 149 Å². The maximum absolute atomic E-state index is 12.9. The minimum absolute atomic E-state index is 0.295. The highest BCUT2D eigenvalue weighted by atomic mass is 16.7. The molecule has 10 heteroatoms. The topological polar surface area (TPSA) is 169 Å². The molecule has 0 spiro atoms. The smallest absolute Gasteiger partial charge is 0.249 e. The molecule has 7 N–H and O–H groups in total. The number of amides is 1. The molecular weight excluding hydrogens is 614 g/mol. The monoisotopic (exact) mass is 686 g/mol. The first-order valence-corrected chi connectivity index (χ1v) is 19.2. The SMILES string of the molecule is CCCCC/C=C\CCCCCCC(O)C(=O)NC(COC1OC(CO)C(O)C(O)C1O)C(O)/C=C/CCCCCCCCCCCC. The highest BCUT2D eigenvalue weighted by Gasteiger charge is 2.44. The van der Waals surface area contributed by atoms with Gasteiger partial charge in [0, 0.05) is 0 Å². The van der Waals surface area contributed by atoms with Crippen LogP contribution in [0.2, 0.25) is 0 Å². The van der Waals surface area contributed by atoms with Crippen LogP contribution in [0.15, 0.2) is 24.3 Å². The van der Waals surface area contributed by atoms with Crippen molar-refractivity contribution in [3.8, 4) is 0 Å². The fraction of sp³-hybridized carbons (Fsp3) is 0.868. The summed E-state index contributed by atoms with van der Waals surface area (Å²) in [6, 6.07) is -0.979. The van der Waals surface area contributed by atoms with Gasteiger partial charge in [0.1, 0.15) is 30.5 Å². The summed E-state index contributed by atoms with van der Waals surface area (Å²) in [6.45, 7) is 3.52. The minimum Gasteiger partial charge on any atom is -0.394 e. The minimum atomic E-state index is -1.61. The van der Waals surface area contributed by atoms with Crippen molar-refractivity contribution in [2.24, 2.45) is 0 Å². The number of aliphatic hydroxyl groups excluding tert-OH is 6. The van der Waals surface area contributed by atoms with Crippen LogP contribution in [-0.2, 0) is 14.3 Å². The quantitative estimate of drug-likeness (QED) is 0.0389. The van der Waals surface area contributed by atoms with Gasteiger partial charge < -0.3 is 45.4 Å². The van der Waals surface area contributed by atoms with E-state index in [0.717, 1.165) is 51.4 Å². The fourth-order valence-corrected chi connectivity index (χ4v) is 5.86. The number of carbonyl (C=O) groups excluding carboxylic acids is 1. The van der Waals surface area contributed by atoms with Gasteiger partial charge >= 0.3 is 0 Å². The maximum atomic E-state index is 12.9. The van der Waals surface area contributed by atoms with E-state index in [-0.39, 0.29) is 6.61 Å². The number of ether oxygens (including phenoxy) is 2. The first-order chi connectivity index (χ1) is 23.3. The third-order valence-corrected chi connectivity index (χ3v) is 9.13. The van der Waals surface area contributed by atoms with Gasteiger partial charge in [-0.25, -0.2) is 0 Å². The standard InChI is InChI=1S/C38H71NO9/c1-3-5-7-9-11-13-15-17-18-20-22-24-26-31(41)30(29-47-38-36(45)35(44)34(43)33(28-40)48-38)39-37(46)32(42)27-25-23-21-19-16-14-12-10-8-6-4-2/h12,14,24,26,30-36,38,40-45H,3-11,13,15-23,25,27-29H2,1-2H3,(H,39,46)/b14-12-,26-24+. The van der Waals surface area contributed by atoms with E-state index in [1.807, 2.05) is 6.08 Å². The second kappa shape index (κ2) is 29.4. The second-order valence-corrected chi connectivity index (χ2v) is 13.5. The molecule has 282 valence electrons. The summed E-state index contributed by atoms with van der Waals surface area (Å²) in [7, 11) is 0. The molecule has 0 aromatic rings. The Morgan fingerprint density at radius 1 is 0.708 bits per heavy atom. The number of aliphatic hydroxyl groups is 6. The molecule has 8 unspecified atom stereocenters. The van der Waals surface area contributed by atoms with Gasteiger partial charge in [-0.15, -0.1) is 0 Å². The van der Waals surface area contributed by atoms with Crippen LogP contribution in [0.4, 0.5) is 0 Å². The maximum Gasteiger partial charge on any atom is 0.249 e. The molecule has 8 atom stereocenters. The molecule has 0 aromatic heterocycles. The zero-order chi connectivity index (χ0) is 35.4. The van der Waals surface area contributed by atoms with E-state index in [0.29, 0.717) is 12.8 Å². The molecule has 1 heterocycles. The third-order valence-electron chi connectivity index (χ3n) is 9.13. The van der Waals surface area contributed by atoms with Crippen molar-refractivity contribution in [1.29, 1.82) is 0 Å². The lowest BCUT2D eigenvalue weighted by Gasteiger charge is -2.40. The number of carbonyl (C=O) groups is 1. The predicted octanol–water partition coefficient (Wildman–Crippen LogP) is 5.35. The van der Waals surface area contributed by atoms with Gasteiger partial charge in [-0.05, 0) is 44.9 Å². The molecule has 1 aliphatic heterocycles. The number of unbranched alkanes of at least 4 members (excludes halogenated alkanes) is 17. The fourth-order valence-electron chi connectivity index (χ4n) is 5.86. The van der Waals surface area contributed by atoms with Gasteiger partial charge in [0.25, 0.3) is 0 Å². The summed E-state index contributed by atoms with van der Waals surface area (Å²) in [5.74, 6) is -0.630. The number of allylic oxidation sites excluding steroid dienone is 3. The Labute approximate surface area is 291 Å². The van der Waals surface area contributed by atoms with Crippen molar-refractivity contribution >= 4 is 5.91 Å². The van der Waals surface area contributed by atoms with E-state index in [4.69, 9.17) is 9.47 Å². The van der Waals surface area contributed by atoms with Gasteiger partial charge in [-0.3, -0.25) is 4.79 Å². The first kappa shape index (κ1) is 44.7. The van der Waals surface area contributed by atoms with Crippen molar-refractivity contribution in [3.63, 3.8) is 0 Å². The summed E-state index contributed by atoms with van der Waals surface area (Å²) >= 11 is 0. The predicted molar refractivity (Wildman–Crippen MR) is 190 cm³/mol. The molecule has 10 nitrogen and oxygen atoms in total. The molecule has 48 heavy (non-hydrogen) atoms. The molecule has 1 amide bonds. The lowest BCUT2D eigenvalue weighted by Crippen LogP contribution is -2.60. The van der Waals surface area contributed by atoms with E-state index < -0.39 is 61.5 Å². The van der Waals surface area contributed by atoms with Gasteiger partial charge in [0.15, 0.2) is 6.29 Å². The summed E-state index contributed by atoms with van der Waals surface area (Å²) < 4.78 is 11.1. The lowest BCUT2D eigenvalue weighted by atomic mass is 9.99. The Balaban J connectivity index is 2.56. The average Bonchev–Trinajstić information content (AvgIpc) is 3.08. The molecule has 0 saturated carbocycles. The van der Waals surface area contributed by atoms with E-state index >= 15 is 0 Å². The van der Waals surface area contributed by atoms with E-state index in [1.54, 1.807) is 6.08 Å². The van der Waals surface area contributed by atoms with Crippen LogP contribution >= 0.6 is 0 Å². The molecule has 0 aliphatic carbocycles. The summed E-state index contributed by atoms with van der Waals surface area (Å²) in [6.07, 6.45) is 21.3. The van der Waals surface area contributed by atoms with E-state index in [2.05, 4.69) is 31.3 Å². The number of hydrogen-bond donors (Lipinski definition) is 7. The van der Waals surface area contributed by atoms with Gasteiger partial charge in [-0.2, -0.15) is 0 Å². The van der Waals surface area contributed by atoms with Crippen LogP contribution in [0.5, 0.6) is 0 Å². The van der Waals surface area contributed by atoms with Crippen molar-refractivity contribution in [1.82, 2.24) is 5.32 Å². The van der Waals surface area contributed by atoms with Crippen molar-refractivity contribution in [3.05, 3.63) is 24.3 Å². The van der Waals surface area contributed by atoms with Crippen LogP contribution in [0.25, 0.3) is 0 Å². The van der Waals surface area contributed by atoms with Gasteiger partial charge in [-0.1, -0.05) is 128 Å². The van der Waals surface area contributed by atoms with Crippen LogP contribution < -0.4 is 5.32 Å². The summed E-state index contributed by atoms with van der Waals surface area (Å²) in [4.78, 5) is 12.9. The molecule has 1 rings (SSSR count). The number of hydrogen-bond acceptors (Lipinski definition) is 9. The lowest BCUT2D eigenvalue weighted by molar-refractivity contribution is -0.302. The Morgan fingerprint density at radius 2 is 1.21 bits per heavy atom. The third kappa shape index (κ3) is 20.3. The second-order valence-electron chi connectivity index (χ2n) is 13.5. The van der Waals surface area contributed by atoms with Gasteiger partial charge in [0.05, 0.1) is 25.4 Å². The van der Waals surface area contributed by atoms with E-state index in [9.17, 15) is 35.4 Å². The van der Waals surface area contributed by atoms with Crippen molar-refractivity contribution in [2.45, 2.75) is 198 Å². The zero-order valence-electron chi connectivity index (χ0n) is 30.1.